The summed E-state index contributed by atoms with van der Waals surface area (Å²) in [6, 6.07) is 14.3. The van der Waals surface area contributed by atoms with Crippen LogP contribution < -0.4 is 15.6 Å². The highest BCUT2D eigenvalue weighted by atomic mass is 16.5. The van der Waals surface area contributed by atoms with Crippen molar-refractivity contribution in [3.63, 3.8) is 0 Å². The highest BCUT2D eigenvalue weighted by Crippen LogP contribution is 2.48. The summed E-state index contributed by atoms with van der Waals surface area (Å²) in [7, 11) is 1.48. The van der Waals surface area contributed by atoms with Gasteiger partial charge in [-0.15, -0.1) is 0 Å². The van der Waals surface area contributed by atoms with Crippen LogP contribution in [0.15, 0.2) is 64.6 Å². The molecule has 0 amide bonds. The van der Waals surface area contributed by atoms with E-state index >= 15 is 0 Å². The van der Waals surface area contributed by atoms with E-state index < -0.39 is 5.92 Å². The van der Waals surface area contributed by atoms with Crippen LogP contribution in [0.4, 0.5) is 5.82 Å². The largest absolute Gasteiger partial charge is 0.504 e. The molecule has 7 nitrogen and oxygen atoms in total. The number of carbonyl (C=O) groups excluding carboxylic acids is 1. The van der Waals surface area contributed by atoms with Crippen LogP contribution in [-0.2, 0) is 4.79 Å². The maximum Gasteiger partial charge on any atom is 0.277 e. The van der Waals surface area contributed by atoms with Crippen molar-refractivity contribution in [1.29, 1.82) is 0 Å². The lowest BCUT2D eigenvalue weighted by Gasteiger charge is -2.37. The number of fused-ring (bicyclic) bond motifs is 1. The van der Waals surface area contributed by atoms with E-state index in [1.807, 2.05) is 30.3 Å². The van der Waals surface area contributed by atoms with Crippen LogP contribution >= 0.6 is 0 Å². The molecule has 7 heteroatoms. The number of anilines is 1. The summed E-state index contributed by atoms with van der Waals surface area (Å²) in [6.07, 6.45) is 1.10. The zero-order chi connectivity index (χ0) is 22.6. The van der Waals surface area contributed by atoms with Crippen LogP contribution in [0.2, 0.25) is 0 Å². The fraction of sp³-hybridized carbons (Fsp3) is 0.280. The number of aromatic amines is 1. The molecule has 0 saturated carbocycles. The molecule has 1 aliphatic carbocycles. The van der Waals surface area contributed by atoms with Crippen LogP contribution in [0.3, 0.4) is 0 Å². The van der Waals surface area contributed by atoms with Crippen LogP contribution in [0, 0.1) is 5.41 Å². The summed E-state index contributed by atoms with van der Waals surface area (Å²) < 4.78 is 6.80. The third-order valence-corrected chi connectivity index (χ3v) is 6.25. The number of methoxy groups -OCH3 is 1. The van der Waals surface area contributed by atoms with Gasteiger partial charge in [-0.1, -0.05) is 38.1 Å². The fourth-order valence-corrected chi connectivity index (χ4v) is 4.86. The van der Waals surface area contributed by atoms with E-state index in [0.29, 0.717) is 41.2 Å². The van der Waals surface area contributed by atoms with Gasteiger partial charge in [0.05, 0.1) is 18.4 Å². The van der Waals surface area contributed by atoms with Crippen molar-refractivity contribution < 1.29 is 14.6 Å². The van der Waals surface area contributed by atoms with Gasteiger partial charge in [-0.2, -0.15) is 0 Å². The van der Waals surface area contributed by atoms with Crippen LogP contribution in [0.25, 0.3) is 5.69 Å². The number of nitrogens with one attached hydrogen (secondary N) is 2. The van der Waals surface area contributed by atoms with Gasteiger partial charge in [0.1, 0.15) is 5.82 Å². The van der Waals surface area contributed by atoms with E-state index in [1.165, 1.54) is 17.9 Å². The van der Waals surface area contributed by atoms with Gasteiger partial charge in [0.15, 0.2) is 17.3 Å². The minimum absolute atomic E-state index is 0.00600. The number of phenolic OH excluding ortho intramolecular Hbond substituents is 1. The van der Waals surface area contributed by atoms with Crippen molar-refractivity contribution in [3.05, 3.63) is 81.3 Å². The van der Waals surface area contributed by atoms with Gasteiger partial charge in [0.2, 0.25) is 0 Å². The number of aromatic hydroxyl groups is 1. The number of rotatable bonds is 3. The number of phenols is 1. The molecule has 1 aromatic heterocycles. The molecule has 2 aliphatic rings. The molecule has 1 atom stereocenters. The maximum atomic E-state index is 13.6. The number of allylic oxidation sites excluding steroid dienone is 2. The Hall–Kier alpha value is -3.74. The van der Waals surface area contributed by atoms with Crippen LogP contribution in [-0.4, -0.2) is 27.8 Å². The third kappa shape index (κ3) is 3.12. The summed E-state index contributed by atoms with van der Waals surface area (Å²) in [6.45, 7) is 4.14. The first kappa shape index (κ1) is 20.2. The number of Topliss-reactive ketones (excluding diaryl/α,β-unsaturated/α-hetero) is 1. The molecular formula is C25H25N3O4. The Morgan fingerprint density at radius 1 is 1.09 bits per heavy atom. The number of para-hydroxylation sites is 1. The van der Waals surface area contributed by atoms with Gasteiger partial charge in [-0.3, -0.25) is 14.7 Å². The highest BCUT2D eigenvalue weighted by molar-refractivity contribution is 6.01. The predicted octanol–water partition coefficient (Wildman–Crippen LogP) is 4.08. The smallest absolute Gasteiger partial charge is 0.277 e. The minimum Gasteiger partial charge on any atom is -0.504 e. The standard InChI is InChI=1S/C25H25N3O4/c1-25(2)12-16-21(18(30)13-25)20(14-9-10-17(29)19(11-14)32-3)22-23(26-16)27-28(24(22)31)15-7-5-4-6-8-15/h4-11,20,26-27,29H,12-13H2,1-3H3/t20-/m1/s1. The minimum atomic E-state index is -0.562. The molecule has 32 heavy (non-hydrogen) atoms. The first-order valence-electron chi connectivity index (χ1n) is 10.6. The molecular weight excluding hydrogens is 406 g/mol. The van der Waals surface area contributed by atoms with Gasteiger partial charge >= 0.3 is 0 Å². The van der Waals surface area contributed by atoms with Crippen molar-refractivity contribution in [2.24, 2.45) is 5.41 Å². The van der Waals surface area contributed by atoms with Crippen molar-refractivity contribution in [2.45, 2.75) is 32.6 Å². The number of hydrogen-bond donors (Lipinski definition) is 3. The Kier molecular flexibility index (Phi) is 4.51. The zero-order valence-electron chi connectivity index (χ0n) is 18.2. The molecule has 3 aromatic rings. The lowest BCUT2D eigenvalue weighted by atomic mass is 9.69. The lowest BCUT2D eigenvalue weighted by Crippen LogP contribution is -2.35. The average Bonchev–Trinajstić information content (AvgIpc) is 3.08. The van der Waals surface area contributed by atoms with Crippen molar-refractivity contribution in [3.8, 4) is 17.2 Å². The molecule has 0 bridgehead atoms. The van der Waals surface area contributed by atoms with Crippen LogP contribution in [0.5, 0.6) is 11.5 Å². The van der Waals surface area contributed by atoms with Crippen molar-refractivity contribution >= 4 is 11.6 Å². The Morgan fingerprint density at radius 2 is 1.84 bits per heavy atom. The number of ether oxygens (including phenoxy) is 1. The Balaban J connectivity index is 1.76. The molecule has 0 fully saturated rings. The van der Waals surface area contributed by atoms with Gasteiger partial charge in [-0.05, 0) is 41.7 Å². The van der Waals surface area contributed by atoms with Crippen LogP contribution in [0.1, 0.15) is 43.7 Å². The second kappa shape index (κ2) is 7.15. The predicted molar refractivity (Wildman–Crippen MR) is 122 cm³/mol. The molecule has 164 valence electrons. The number of ketones is 1. The number of carbonyl (C=O) groups is 1. The topological polar surface area (TPSA) is 96.4 Å². The number of H-pyrrole nitrogens is 1. The van der Waals surface area contributed by atoms with E-state index in [-0.39, 0.29) is 22.5 Å². The normalized spacial score (nSPS) is 19.2. The summed E-state index contributed by atoms with van der Waals surface area (Å²) in [5.41, 5.74) is 2.95. The second-order valence-corrected chi connectivity index (χ2v) is 9.20. The van der Waals surface area contributed by atoms with E-state index in [4.69, 9.17) is 4.74 Å². The second-order valence-electron chi connectivity index (χ2n) is 9.20. The maximum absolute atomic E-state index is 13.6. The molecule has 2 aromatic carbocycles. The monoisotopic (exact) mass is 431 g/mol. The number of nitrogens with zero attached hydrogens (tertiary/aromatic N) is 1. The van der Waals surface area contributed by atoms with E-state index in [9.17, 15) is 14.7 Å². The Labute approximate surface area is 185 Å². The number of benzene rings is 2. The number of aromatic nitrogens is 2. The molecule has 0 saturated heterocycles. The molecule has 0 unspecified atom stereocenters. The molecule has 0 spiro atoms. The number of hydrogen-bond acceptors (Lipinski definition) is 5. The van der Waals surface area contributed by atoms with Gasteiger partial charge in [0.25, 0.3) is 5.56 Å². The quantitative estimate of drug-likeness (QED) is 0.581. The molecule has 5 rings (SSSR count). The van der Waals surface area contributed by atoms with E-state index in [2.05, 4.69) is 24.3 Å². The van der Waals surface area contributed by atoms with E-state index in [0.717, 1.165) is 11.3 Å². The van der Waals surface area contributed by atoms with E-state index in [1.54, 1.807) is 12.1 Å². The summed E-state index contributed by atoms with van der Waals surface area (Å²) in [5, 5.41) is 16.7. The Morgan fingerprint density at radius 3 is 2.56 bits per heavy atom. The average molecular weight is 431 g/mol. The molecule has 3 N–H and O–H groups in total. The summed E-state index contributed by atoms with van der Waals surface area (Å²) >= 11 is 0. The van der Waals surface area contributed by atoms with Crippen molar-refractivity contribution in [1.82, 2.24) is 9.78 Å². The SMILES string of the molecule is COc1cc([C@@H]2C3=C(CC(C)(C)CC3=O)Nc3[nH]n(-c4ccccc4)c(=O)c32)ccc1O. The summed E-state index contributed by atoms with van der Waals surface area (Å²) in [4.78, 5) is 27.0. The Bertz CT molecular complexity index is 1310. The fourth-order valence-electron chi connectivity index (χ4n) is 4.86. The molecule has 0 radical (unpaired) electrons. The molecule has 1 aliphatic heterocycles. The lowest BCUT2D eigenvalue weighted by molar-refractivity contribution is -0.118. The summed E-state index contributed by atoms with van der Waals surface area (Å²) in [5.74, 6) is 0.352. The highest BCUT2D eigenvalue weighted by Gasteiger charge is 2.43. The molecule has 2 heterocycles. The van der Waals surface area contributed by atoms with Gasteiger partial charge in [0, 0.05) is 23.6 Å². The van der Waals surface area contributed by atoms with Gasteiger partial charge in [-0.25, -0.2) is 4.68 Å². The van der Waals surface area contributed by atoms with Gasteiger partial charge < -0.3 is 15.2 Å². The third-order valence-electron chi connectivity index (χ3n) is 6.25. The first-order chi connectivity index (χ1) is 15.3. The first-order valence-corrected chi connectivity index (χ1v) is 10.6. The zero-order valence-corrected chi connectivity index (χ0v) is 18.2. The van der Waals surface area contributed by atoms with Crippen molar-refractivity contribution in [2.75, 3.05) is 12.4 Å².